The van der Waals surface area contributed by atoms with Crippen molar-refractivity contribution in [2.24, 2.45) is 0 Å². The monoisotopic (exact) mass is 531 g/mol. The summed E-state index contributed by atoms with van der Waals surface area (Å²) < 4.78 is 19.0. The van der Waals surface area contributed by atoms with Gasteiger partial charge in [0.05, 0.1) is 19.9 Å². The van der Waals surface area contributed by atoms with Gasteiger partial charge in [-0.25, -0.2) is 9.59 Å². The molecular weight excluding hydrogens is 498 g/mol. The van der Waals surface area contributed by atoms with Crippen LogP contribution in [0.4, 0.5) is 10.5 Å². The summed E-state index contributed by atoms with van der Waals surface area (Å²) in [7, 11) is 1.61. The van der Waals surface area contributed by atoms with E-state index in [0.717, 1.165) is 21.6 Å². The second kappa shape index (κ2) is 11.4. The van der Waals surface area contributed by atoms with Gasteiger partial charge >= 0.3 is 11.7 Å². The number of fused-ring (bicyclic) bond motifs is 1. The highest BCUT2D eigenvalue weighted by Gasteiger charge is 2.31. The van der Waals surface area contributed by atoms with Crippen molar-refractivity contribution in [3.05, 3.63) is 56.4 Å². The van der Waals surface area contributed by atoms with Gasteiger partial charge in [-0.1, -0.05) is 11.2 Å². The molecule has 1 saturated heterocycles. The molecule has 1 aromatic heterocycles. The molecule has 200 valence electrons. The first kappa shape index (κ1) is 26.8. The number of benzene rings is 1. The first-order valence-corrected chi connectivity index (χ1v) is 14.0. The molecule has 37 heavy (non-hydrogen) atoms. The van der Waals surface area contributed by atoms with Gasteiger partial charge in [0, 0.05) is 43.1 Å². The smallest absolute Gasteiger partial charge is 0.331 e. The topological polar surface area (TPSA) is 129 Å². The summed E-state index contributed by atoms with van der Waals surface area (Å²) in [6.45, 7) is 2.96. The Labute approximate surface area is 218 Å². The van der Waals surface area contributed by atoms with Gasteiger partial charge in [0.2, 0.25) is 5.91 Å². The summed E-state index contributed by atoms with van der Waals surface area (Å²) in [4.78, 5) is 54.7. The number of nitrogens with one attached hydrogen (secondary N) is 1. The molecule has 1 atom stereocenters. The first-order valence-electron chi connectivity index (χ1n) is 12.3. The number of carbonyl (C=O) groups excluding carboxylic acids is 2. The average Bonchev–Trinajstić information content (AvgIpc) is 3.04. The van der Waals surface area contributed by atoms with Crippen LogP contribution in [0.25, 0.3) is 0 Å². The Kier molecular flexibility index (Phi) is 8.28. The van der Waals surface area contributed by atoms with Crippen LogP contribution in [0.15, 0.2) is 34.0 Å². The lowest BCUT2D eigenvalue weighted by Gasteiger charge is -2.38. The minimum absolute atomic E-state index is 0.00189. The molecule has 0 aliphatic carbocycles. The third kappa shape index (κ3) is 6.02. The van der Waals surface area contributed by atoms with Crippen LogP contribution in [0.5, 0.6) is 5.75 Å². The second-order valence-corrected chi connectivity index (χ2v) is 11.0. The number of aromatic nitrogens is 2. The van der Waals surface area contributed by atoms with Crippen LogP contribution in [0.2, 0.25) is 0 Å². The molecular formula is C25H33N5O6S. The quantitative estimate of drug-likeness (QED) is 0.526. The summed E-state index contributed by atoms with van der Waals surface area (Å²) >= 11 is -1.15. The molecule has 4 rings (SSSR count). The summed E-state index contributed by atoms with van der Waals surface area (Å²) in [5.74, 6) is 0.713. The molecule has 1 N–H and O–H groups in total. The average molecular weight is 532 g/mol. The number of ether oxygens (including phenoxy) is 1. The number of hydrogen-bond acceptors (Lipinski definition) is 6. The van der Waals surface area contributed by atoms with E-state index >= 15 is 0 Å². The first-order chi connectivity index (χ1) is 17.7. The third-order valence-corrected chi connectivity index (χ3v) is 7.77. The van der Waals surface area contributed by atoms with Gasteiger partial charge in [0.1, 0.15) is 18.0 Å². The summed E-state index contributed by atoms with van der Waals surface area (Å²) in [5.41, 5.74) is 1.14. The van der Waals surface area contributed by atoms with Gasteiger partial charge in [0.25, 0.3) is 5.56 Å². The van der Waals surface area contributed by atoms with Crippen LogP contribution in [-0.2, 0) is 35.5 Å². The van der Waals surface area contributed by atoms with E-state index in [9.17, 15) is 23.7 Å². The van der Waals surface area contributed by atoms with E-state index in [0.29, 0.717) is 44.5 Å². The van der Waals surface area contributed by atoms with E-state index < -0.39 is 22.4 Å². The van der Waals surface area contributed by atoms with Gasteiger partial charge in [-0.2, -0.15) is 0 Å². The Balaban J connectivity index is 1.38. The Morgan fingerprint density at radius 2 is 1.92 bits per heavy atom. The minimum Gasteiger partial charge on any atom is -0.617 e. The van der Waals surface area contributed by atoms with Gasteiger partial charge in [0.15, 0.2) is 0 Å². The molecule has 0 bridgehead atoms. The number of anilines is 1. The van der Waals surface area contributed by atoms with E-state index in [1.807, 2.05) is 23.1 Å². The Morgan fingerprint density at radius 3 is 2.59 bits per heavy atom. The molecule has 3 heterocycles. The van der Waals surface area contributed by atoms with E-state index in [-0.39, 0.29) is 36.8 Å². The van der Waals surface area contributed by atoms with Gasteiger partial charge < -0.3 is 24.4 Å². The molecule has 3 amide bonds. The zero-order chi connectivity index (χ0) is 26.7. The van der Waals surface area contributed by atoms with E-state index in [1.54, 1.807) is 18.9 Å². The molecule has 1 aromatic carbocycles. The van der Waals surface area contributed by atoms with Gasteiger partial charge in [-0.15, -0.1) is 0 Å². The van der Waals surface area contributed by atoms with Crippen LogP contribution in [0.1, 0.15) is 24.0 Å². The van der Waals surface area contributed by atoms with Crippen LogP contribution in [0.3, 0.4) is 0 Å². The lowest BCUT2D eigenvalue weighted by Crippen LogP contribution is -2.51. The fourth-order valence-electron chi connectivity index (χ4n) is 4.91. The highest BCUT2D eigenvalue weighted by atomic mass is 32.2. The summed E-state index contributed by atoms with van der Waals surface area (Å²) in [5, 5.41) is 2.99. The molecule has 0 spiro atoms. The zero-order valence-corrected chi connectivity index (χ0v) is 22.2. The Morgan fingerprint density at radius 1 is 1.19 bits per heavy atom. The number of piperidine rings is 1. The van der Waals surface area contributed by atoms with Crippen molar-refractivity contribution in [1.29, 1.82) is 0 Å². The number of hydrogen-bond donors (Lipinski definition) is 1. The normalized spacial score (nSPS) is 17.1. The predicted octanol–water partition coefficient (Wildman–Crippen LogP) is 0.787. The SMILES string of the molecule is COc1ccc2c(c1)CCN(C1CCN(C(=O)Cn3cc(C)c(=O)n(CC[S+](C)[O-])c3=O)CC1)C(=O)N2. The number of carbonyl (C=O) groups is 2. The lowest BCUT2D eigenvalue weighted by molar-refractivity contribution is -0.133. The predicted molar refractivity (Wildman–Crippen MR) is 141 cm³/mol. The highest BCUT2D eigenvalue weighted by Crippen LogP contribution is 2.27. The molecule has 2 aromatic rings. The van der Waals surface area contributed by atoms with E-state index in [4.69, 9.17) is 4.74 Å². The van der Waals surface area contributed by atoms with Crippen molar-refractivity contribution >= 4 is 28.8 Å². The van der Waals surface area contributed by atoms with Crippen LogP contribution < -0.4 is 21.3 Å². The summed E-state index contributed by atoms with van der Waals surface area (Å²) in [6, 6.07) is 5.47. The van der Waals surface area contributed by atoms with Crippen LogP contribution in [0, 0.1) is 6.92 Å². The molecule has 1 unspecified atom stereocenters. The Hall–Kier alpha value is -3.25. The Bertz CT molecular complexity index is 1280. The van der Waals surface area contributed by atoms with E-state index in [1.165, 1.54) is 17.0 Å². The largest absolute Gasteiger partial charge is 0.617 e. The summed E-state index contributed by atoms with van der Waals surface area (Å²) in [6.07, 6.45) is 4.89. The fourth-order valence-corrected chi connectivity index (χ4v) is 5.35. The molecule has 2 aliphatic heterocycles. The standard InChI is InChI=1S/C25H33N5O6S/c1-17-15-28(25(34)30(23(17)32)12-13-37(3)35)16-22(31)27-9-7-19(8-10-27)29-11-6-18-14-20(36-2)4-5-21(18)26-24(29)33/h4-5,14-15,19H,6-13,16H2,1-3H3,(H,26,33). The van der Waals surface area contributed by atoms with Crippen molar-refractivity contribution in [2.75, 3.05) is 44.1 Å². The number of likely N-dealkylation sites (tertiary alicyclic amines) is 1. The van der Waals surface area contributed by atoms with Crippen LogP contribution in [-0.4, -0.2) is 80.2 Å². The van der Waals surface area contributed by atoms with Crippen molar-refractivity contribution in [1.82, 2.24) is 18.9 Å². The number of methoxy groups -OCH3 is 1. The molecule has 1 fully saturated rings. The minimum atomic E-state index is -1.15. The van der Waals surface area contributed by atoms with Crippen molar-refractivity contribution in [2.45, 2.75) is 45.3 Å². The number of rotatable bonds is 7. The second-order valence-electron chi connectivity index (χ2n) is 9.47. The fraction of sp³-hybridized carbons (Fsp3) is 0.520. The molecule has 2 aliphatic rings. The van der Waals surface area contributed by atoms with Crippen molar-refractivity contribution in [3.63, 3.8) is 0 Å². The number of urea groups is 1. The molecule has 0 radical (unpaired) electrons. The van der Waals surface area contributed by atoms with Gasteiger partial charge in [-0.05, 0) is 49.9 Å². The van der Waals surface area contributed by atoms with Gasteiger partial charge in [-0.3, -0.25) is 18.7 Å². The number of aryl methyl sites for hydroxylation is 1. The maximum absolute atomic E-state index is 13.0. The lowest BCUT2D eigenvalue weighted by atomic mass is 10.0. The number of nitrogens with zero attached hydrogens (tertiary/aromatic N) is 4. The molecule has 12 heteroatoms. The molecule has 11 nitrogen and oxygen atoms in total. The maximum Gasteiger partial charge on any atom is 0.331 e. The van der Waals surface area contributed by atoms with Crippen LogP contribution >= 0.6 is 0 Å². The van der Waals surface area contributed by atoms with E-state index in [2.05, 4.69) is 5.32 Å². The maximum atomic E-state index is 13.0. The third-order valence-electron chi connectivity index (χ3n) is 7.01. The highest BCUT2D eigenvalue weighted by molar-refractivity contribution is 7.90. The molecule has 0 saturated carbocycles. The van der Waals surface area contributed by atoms with Crippen molar-refractivity contribution < 1.29 is 18.9 Å². The van der Waals surface area contributed by atoms with Crippen molar-refractivity contribution in [3.8, 4) is 5.75 Å². The zero-order valence-electron chi connectivity index (χ0n) is 21.4. The number of amides is 3.